The quantitative estimate of drug-likeness (QED) is 0.417. The number of anilines is 2. The first-order valence-corrected chi connectivity index (χ1v) is 12.2. The van der Waals surface area contributed by atoms with Gasteiger partial charge in [-0.1, -0.05) is 48.0 Å². The van der Waals surface area contributed by atoms with Gasteiger partial charge in [-0.25, -0.2) is 8.42 Å². The minimum Gasteiger partial charge on any atom is -0.375 e. The van der Waals surface area contributed by atoms with E-state index in [1.54, 1.807) is 36.4 Å². The molecule has 4 rings (SSSR count). The Morgan fingerprint density at radius 3 is 2.24 bits per heavy atom. The van der Waals surface area contributed by atoms with E-state index in [4.69, 9.17) is 0 Å². The molecule has 1 aliphatic rings. The molecule has 0 saturated carbocycles. The highest BCUT2D eigenvalue weighted by Gasteiger charge is 2.29. The Bertz CT molecular complexity index is 1220. The van der Waals surface area contributed by atoms with Crippen LogP contribution in [0.5, 0.6) is 0 Å². The zero-order valence-electron chi connectivity index (χ0n) is 18.3. The van der Waals surface area contributed by atoms with E-state index in [9.17, 15) is 18.5 Å². The number of aryl methyl sites for hydroxylation is 1. The van der Waals surface area contributed by atoms with E-state index in [2.05, 4.69) is 10.2 Å². The van der Waals surface area contributed by atoms with Crippen molar-refractivity contribution in [3.63, 3.8) is 0 Å². The number of nitrogens with one attached hydrogen (secondary N) is 1. The molecule has 33 heavy (non-hydrogen) atoms. The van der Waals surface area contributed by atoms with Gasteiger partial charge in [0.15, 0.2) is 0 Å². The molecule has 0 atom stereocenters. The van der Waals surface area contributed by atoms with E-state index in [0.29, 0.717) is 43.3 Å². The van der Waals surface area contributed by atoms with E-state index in [1.807, 2.05) is 37.3 Å². The maximum absolute atomic E-state index is 13.0. The van der Waals surface area contributed by atoms with E-state index < -0.39 is 14.9 Å². The van der Waals surface area contributed by atoms with Crippen molar-refractivity contribution in [2.75, 3.05) is 36.4 Å². The molecule has 8 nitrogen and oxygen atoms in total. The second kappa shape index (κ2) is 9.60. The molecule has 1 N–H and O–H groups in total. The van der Waals surface area contributed by atoms with Crippen LogP contribution in [0.15, 0.2) is 77.7 Å². The van der Waals surface area contributed by atoms with E-state index in [1.165, 1.54) is 10.4 Å². The summed E-state index contributed by atoms with van der Waals surface area (Å²) in [5.41, 5.74) is 3.30. The van der Waals surface area contributed by atoms with Crippen molar-refractivity contribution >= 4 is 27.1 Å². The standard InChI is InChI=1S/C24H26N4O4S/c1-19-7-10-22(11-8-19)33(31,32)27-15-13-26(14-16-27)21-9-12-24(28(29)30)23(17-21)25-18-20-5-3-2-4-6-20/h2-12,17,25H,13-16,18H2,1H3. The van der Waals surface area contributed by atoms with Crippen molar-refractivity contribution in [2.24, 2.45) is 0 Å². The molecule has 9 heteroatoms. The average Bonchev–Trinajstić information content (AvgIpc) is 2.83. The number of hydrogen-bond acceptors (Lipinski definition) is 6. The third-order valence-electron chi connectivity index (χ3n) is 5.77. The minimum atomic E-state index is -3.54. The van der Waals surface area contributed by atoms with Crippen LogP contribution in [0, 0.1) is 17.0 Å². The summed E-state index contributed by atoms with van der Waals surface area (Å²) < 4.78 is 27.4. The van der Waals surface area contributed by atoms with Gasteiger partial charge >= 0.3 is 0 Å². The first kappa shape index (κ1) is 22.8. The molecule has 1 aliphatic heterocycles. The number of rotatable bonds is 7. The largest absolute Gasteiger partial charge is 0.375 e. The minimum absolute atomic E-state index is 0.00951. The molecule has 0 spiro atoms. The number of nitro benzene ring substituents is 1. The van der Waals surface area contributed by atoms with Gasteiger partial charge in [0.2, 0.25) is 10.0 Å². The number of hydrogen-bond donors (Lipinski definition) is 1. The molecule has 172 valence electrons. The summed E-state index contributed by atoms with van der Waals surface area (Å²) in [6.07, 6.45) is 0. The fraction of sp³-hybridized carbons (Fsp3) is 0.250. The van der Waals surface area contributed by atoms with E-state index in [0.717, 1.165) is 16.8 Å². The van der Waals surface area contributed by atoms with Crippen molar-refractivity contribution < 1.29 is 13.3 Å². The SMILES string of the molecule is Cc1ccc(S(=O)(=O)N2CCN(c3ccc([N+](=O)[O-])c(NCc4ccccc4)c3)CC2)cc1. The summed E-state index contributed by atoms with van der Waals surface area (Å²) in [5.74, 6) is 0. The Labute approximate surface area is 193 Å². The van der Waals surface area contributed by atoms with E-state index in [-0.39, 0.29) is 5.69 Å². The van der Waals surface area contributed by atoms with Gasteiger partial charge in [-0.2, -0.15) is 4.31 Å². The Morgan fingerprint density at radius 1 is 0.939 bits per heavy atom. The number of benzene rings is 3. The van der Waals surface area contributed by atoms with Crippen LogP contribution in [0.3, 0.4) is 0 Å². The Balaban J connectivity index is 1.47. The first-order valence-electron chi connectivity index (χ1n) is 10.7. The van der Waals surface area contributed by atoms with Crippen molar-refractivity contribution in [3.8, 4) is 0 Å². The second-order valence-corrected chi connectivity index (χ2v) is 9.94. The fourth-order valence-corrected chi connectivity index (χ4v) is 5.28. The highest BCUT2D eigenvalue weighted by Crippen LogP contribution is 2.31. The van der Waals surface area contributed by atoms with Crippen molar-refractivity contribution in [1.29, 1.82) is 0 Å². The van der Waals surface area contributed by atoms with Gasteiger partial charge in [0.1, 0.15) is 5.69 Å². The Morgan fingerprint density at radius 2 is 1.61 bits per heavy atom. The van der Waals surface area contributed by atoms with Crippen LogP contribution in [-0.2, 0) is 16.6 Å². The summed E-state index contributed by atoms with van der Waals surface area (Å²) >= 11 is 0. The summed E-state index contributed by atoms with van der Waals surface area (Å²) in [4.78, 5) is 13.5. The predicted octanol–water partition coefficient (Wildman–Crippen LogP) is 4.03. The zero-order valence-corrected chi connectivity index (χ0v) is 19.2. The third-order valence-corrected chi connectivity index (χ3v) is 7.68. The molecule has 1 heterocycles. The number of sulfonamides is 1. The smallest absolute Gasteiger partial charge is 0.292 e. The van der Waals surface area contributed by atoms with Crippen LogP contribution in [-0.4, -0.2) is 43.8 Å². The van der Waals surface area contributed by atoms with Crippen LogP contribution in [0.2, 0.25) is 0 Å². The lowest BCUT2D eigenvalue weighted by atomic mass is 10.2. The van der Waals surface area contributed by atoms with Crippen molar-refractivity contribution in [1.82, 2.24) is 4.31 Å². The lowest BCUT2D eigenvalue weighted by Gasteiger charge is -2.35. The fourth-order valence-electron chi connectivity index (χ4n) is 3.86. The van der Waals surface area contributed by atoms with Crippen LogP contribution in [0.1, 0.15) is 11.1 Å². The number of piperazine rings is 1. The Kier molecular flexibility index (Phi) is 6.62. The van der Waals surface area contributed by atoms with E-state index >= 15 is 0 Å². The summed E-state index contributed by atoms with van der Waals surface area (Å²) in [5, 5.41) is 14.7. The highest BCUT2D eigenvalue weighted by molar-refractivity contribution is 7.89. The van der Waals surface area contributed by atoms with Crippen LogP contribution in [0.4, 0.5) is 17.1 Å². The lowest BCUT2D eigenvalue weighted by Crippen LogP contribution is -2.48. The molecule has 0 amide bonds. The summed E-state index contributed by atoms with van der Waals surface area (Å²) in [7, 11) is -3.54. The van der Waals surface area contributed by atoms with Gasteiger partial charge < -0.3 is 10.2 Å². The maximum Gasteiger partial charge on any atom is 0.292 e. The average molecular weight is 467 g/mol. The zero-order chi connectivity index (χ0) is 23.4. The molecule has 0 unspecified atom stereocenters. The van der Waals surface area contributed by atoms with Gasteiger partial charge in [-0.3, -0.25) is 10.1 Å². The molecular formula is C24H26N4O4S. The third kappa shape index (κ3) is 5.15. The molecule has 0 aliphatic carbocycles. The van der Waals surface area contributed by atoms with Crippen molar-refractivity contribution in [3.05, 3.63) is 94.0 Å². The Hall–Kier alpha value is -3.43. The summed E-state index contributed by atoms with van der Waals surface area (Å²) in [6, 6.07) is 21.5. The lowest BCUT2D eigenvalue weighted by molar-refractivity contribution is -0.384. The summed E-state index contributed by atoms with van der Waals surface area (Å²) in [6.45, 7) is 4.08. The maximum atomic E-state index is 13.0. The monoisotopic (exact) mass is 466 g/mol. The molecule has 1 saturated heterocycles. The molecule has 1 fully saturated rings. The van der Waals surface area contributed by atoms with Crippen LogP contribution in [0.25, 0.3) is 0 Å². The van der Waals surface area contributed by atoms with Crippen LogP contribution >= 0.6 is 0 Å². The number of nitro groups is 1. The first-order chi connectivity index (χ1) is 15.8. The van der Waals surface area contributed by atoms with Gasteiger partial charge in [-0.15, -0.1) is 0 Å². The predicted molar refractivity (Wildman–Crippen MR) is 129 cm³/mol. The van der Waals surface area contributed by atoms with Crippen LogP contribution < -0.4 is 10.2 Å². The van der Waals surface area contributed by atoms with Gasteiger partial charge in [0.25, 0.3) is 5.69 Å². The van der Waals surface area contributed by atoms with Gasteiger partial charge in [0.05, 0.1) is 9.82 Å². The van der Waals surface area contributed by atoms with Gasteiger partial charge in [-0.05, 0) is 36.8 Å². The molecule has 0 bridgehead atoms. The topological polar surface area (TPSA) is 95.8 Å². The van der Waals surface area contributed by atoms with Gasteiger partial charge in [0, 0.05) is 44.5 Å². The van der Waals surface area contributed by atoms with Crippen molar-refractivity contribution in [2.45, 2.75) is 18.4 Å². The normalized spacial score (nSPS) is 14.8. The second-order valence-electron chi connectivity index (χ2n) is 8.00. The molecule has 3 aromatic rings. The molecule has 3 aromatic carbocycles. The molecule has 0 radical (unpaired) electrons. The molecule has 0 aromatic heterocycles. The number of nitrogens with zero attached hydrogens (tertiary/aromatic N) is 3. The molecular weight excluding hydrogens is 440 g/mol. The highest BCUT2D eigenvalue weighted by atomic mass is 32.2.